The number of hydrogen-bond donors (Lipinski definition) is 2. The summed E-state index contributed by atoms with van der Waals surface area (Å²) in [4.78, 5) is 14.0. The second kappa shape index (κ2) is 5.76. The molecule has 0 aromatic carbocycles. The summed E-state index contributed by atoms with van der Waals surface area (Å²) in [5.74, 6) is 0.0135. The molecule has 0 atom stereocenters. The molecule has 0 bridgehead atoms. The Balaban J connectivity index is 2.41. The number of nitrogens with zero attached hydrogens (tertiary/aromatic N) is 2. The van der Waals surface area contributed by atoms with Crippen LogP contribution in [-0.4, -0.2) is 42.5 Å². The molecule has 1 aliphatic rings. The molecule has 0 unspecified atom stereocenters. The topological polar surface area (TPSA) is 109 Å². The zero-order valence-electron chi connectivity index (χ0n) is 12.6. The lowest BCUT2D eigenvalue weighted by atomic mass is 10.2. The first-order valence-corrected chi connectivity index (χ1v) is 8.70. The molecule has 1 fully saturated rings. The van der Waals surface area contributed by atoms with Crippen LogP contribution >= 0.6 is 0 Å². The van der Waals surface area contributed by atoms with Crippen LogP contribution in [0.2, 0.25) is 0 Å². The van der Waals surface area contributed by atoms with Crippen LogP contribution in [0.4, 0.5) is 0 Å². The minimum absolute atomic E-state index is 0.0816. The van der Waals surface area contributed by atoms with Crippen LogP contribution in [0.3, 0.4) is 0 Å². The van der Waals surface area contributed by atoms with Gasteiger partial charge < -0.3 is 4.90 Å². The standard InChI is InChI=1S/C13H22N4O3S/c1-4-17(7-8(2)3)13(18)11-12(21(14,19)20)10(15-16-11)9-5-6-9/h8-9H,4-7H2,1-3H3,(H,15,16)(H2,14,19,20). The Morgan fingerprint density at radius 2 is 2.10 bits per heavy atom. The molecular weight excluding hydrogens is 292 g/mol. The van der Waals surface area contributed by atoms with E-state index in [4.69, 9.17) is 5.14 Å². The maximum Gasteiger partial charge on any atom is 0.275 e. The lowest BCUT2D eigenvalue weighted by molar-refractivity contribution is 0.0736. The smallest absolute Gasteiger partial charge is 0.275 e. The van der Waals surface area contributed by atoms with Gasteiger partial charge in [0.15, 0.2) is 5.69 Å². The minimum Gasteiger partial charge on any atom is -0.337 e. The predicted octanol–water partition coefficient (Wildman–Crippen LogP) is 1.05. The molecular formula is C13H22N4O3S. The zero-order valence-corrected chi connectivity index (χ0v) is 13.4. The normalized spacial score (nSPS) is 15.5. The van der Waals surface area contributed by atoms with Gasteiger partial charge in [0.2, 0.25) is 10.0 Å². The van der Waals surface area contributed by atoms with E-state index < -0.39 is 15.9 Å². The summed E-state index contributed by atoms with van der Waals surface area (Å²) in [5.41, 5.74) is 0.392. The van der Waals surface area contributed by atoms with E-state index in [9.17, 15) is 13.2 Å². The number of carbonyl (C=O) groups is 1. The minimum atomic E-state index is -3.98. The number of amides is 1. The molecule has 7 nitrogen and oxygen atoms in total. The number of rotatable bonds is 6. The number of carbonyl (C=O) groups excluding carboxylic acids is 1. The van der Waals surface area contributed by atoms with Crippen LogP contribution in [0.25, 0.3) is 0 Å². The summed E-state index contributed by atoms with van der Waals surface area (Å²) in [7, 11) is -3.98. The summed E-state index contributed by atoms with van der Waals surface area (Å²) >= 11 is 0. The SMILES string of the molecule is CCN(CC(C)C)C(=O)c1n[nH]c(C2CC2)c1S(N)(=O)=O. The third kappa shape index (κ3) is 3.44. The van der Waals surface area contributed by atoms with Gasteiger partial charge in [0.05, 0.1) is 5.69 Å². The van der Waals surface area contributed by atoms with Gasteiger partial charge in [-0.05, 0) is 25.7 Å². The molecule has 8 heteroatoms. The molecule has 1 heterocycles. The van der Waals surface area contributed by atoms with Crippen molar-refractivity contribution in [1.82, 2.24) is 15.1 Å². The van der Waals surface area contributed by atoms with Crippen molar-refractivity contribution in [2.75, 3.05) is 13.1 Å². The van der Waals surface area contributed by atoms with Crippen LogP contribution in [0.15, 0.2) is 4.90 Å². The molecule has 1 amide bonds. The molecule has 118 valence electrons. The van der Waals surface area contributed by atoms with Gasteiger partial charge in [-0.25, -0.2) is 13.6 Å². The Kier molecular flexibility index (Phi) is 4.38. The summed E-state index contributed by atoms with van der Waals surface area (Å²) in [6.45, 7) is 6.89. The van der Waals surface area contributed by atoms with Crippen molar-refractivity contribution in [2.45, 2.75) is 44.4 Å². The van der Waals surface area contributed by atoms with Gasteiger partial charge in [-0.15, -0.1) is 0 Å². The van der Waals surface area contributed by atoms with Crippen molar-refractivity contribution in [3.63, 3.8) is 0 Å². The van der Waals surface area contributed by atoms with Gasteiger partial charge >= 0.3 is 0 Å². The Bertz CT molecular complexity index is 632. The van der Waals surface area contributed by atoms with Gasteiger partial charge in [0, 0.05) is 19.0 Å². The highest BCUT2D eigenvalue weighted by molar-refractivity contribution is 7.89. The quantitative estimate of drug-likeness (QED) is 0.818. The van der Waals surface area contributed by atoms with E-state index in [2.05, 4.69) is 10.2 Å². The fourth-order valence-corrected chi connectivity index (χ4v) is 3.29. The second-order valence-electron chi connectivity index (χ2n) is 5.87. The van der Waals surface area contributed by atoms with E-state index in [1.807, 2.05) is 20.8 Å². The van der Waals surface area contributed by atoms with Gasteiger partial charge in [-0.3, -0.25) is 9.89 Å². The van der Waals surface area contributed by atoms with Gasteiger partial charge in [0.25, 0.3) is 5.91 Å². The molecule has 1 aliphatic carbocycles. The Morgan fingerprint density at radius 1 is 1.48 bits per heavy atom. The van der Waals surface area contributed by atoms with Crippen molar-refractivity contribution in [1.29, 1.82) is 0 Å². The number of sulfonamides is 1. The highest BCUT2D eigenvalue weighted by Gasteiger charge is 2.36. The Morgan fingerprint density at radius 3 is 2.52 bits per heavy atom. The van der Waals surface area contributed by atoms with Crippen molar-refractivity contribution in [3.05, 3.63) is 11.4 Å². The third-order valence-corrected chi connectivity index (χ3v) is 4.46. The van der Waals surface area contributed by atoms with E-state index in [0.29, 0.717) is 18.8 Å². The van der Waals surface area contributed by atoms with E-state index in [0.717, 1.165) is 12.8 Å². The first-order valence-electron chi connectivity index (χ1n) is 7.16. The highest BCUT2D eigenvalue weighted by atomic mass is 32.2. The number of H-pyrrole nitrogens is 1. The van der Waals surface area contributed by atoms with Gasteiger partial charge in [0.1, 0.15) is 4.90 Å². The monoisotopic (exact) mass is 314 g/mol. The van der Waals surface area contributed by atoms with Crippen LogP contribution in [0.1, 0.15) is 55.7 Å². The maximum atomic E-state index is 12.6. The molecule has 2 rings (SSSR count). The molecule has 0 aliphatic heterocycles. The van der Waals surface area contributed by atoms with Gasteiger partial charge in [-0.1, -0.05) is 13.8 Å². The van der Waals surface area contributed by atoms with E-state index >= 15 is 0 Å². The van der Waals surface area contributed by atoms with Crippen LogP contribution in [0.5, 0.6) is 0 Å². The van der Waals surface area contributed by atoms with Crippen molar-refractivity contribution >= 4 is 15.9 Å². The Hall–Kier alpha value is -1.41. The summed E-state index contributed by atoms with van der Waals surface area (Å²) in [5, 5.41) is 11.9. The lowest BCUT2D eigenvalue weighted by Gasteiger charge is -2.22. The van der Waals surface area contributed by atoms with Crippen molar-refractivity contribution in [3.8, 4) is 0 Å². The molecule has 3 N–H and O–H groups in total. The molecule has 1 saturated carbocycles. The molecule has 1 aromatic rings. The van der Waals surface area contributed by atoms with Crippen molar-refractivity contribution in [2.24, 2.45) is 11.1 Å². The Labute approximate surface area is 124 Å². The fourth-order valence-electron chi connectivity index (χ4n) is 2.37. The molecule has 0 saturated heterocycles. The summed E-state index contributed by atoms with van der Waals surface area (Å²) in [6, 6.07) is 0. The molecule has 0 spiro atoms. The van der Waals surface area contributed by atoms with Crippen molar-refractivity contribution < 1.29 is 13.2 Å². The lowest BCUT2D eigenvalue weighted by Crippen LogP contribution is -2.35. The van der Waals surface area contributed by atoms with Gasteiger partial charge in [-0.2, -0.15) is 5.10 Å². The number of nitrogens with one attached hydrogen (secondary N) is 1. The second-order valence-corrected chi connectivity index (χ2v) is 7.37. The van der Waals surface area contributed by atoms with E-state index in [-0.39, 0.29) is 22.4 Å². The first kappa shape index (κ1) is 16.0. The molecule has 21 heavy (non-hydrogen) atoms. The fraction of sp³-hybridized carbons (Fsp3) is 0.692. The number of hydrogen-bond acceptors (Lipinski definition) is 4. The van der Waals surface area contributed by atoms with E-state index in [1.165, 1.54) is 0 Å². The molecule has 0 radical (unpaired) electrons. The highest BCUT2D eigenvalue weighted by Crippen LogP contribution is 2.42. The summed E-state index contributed by atoms with van der Waals surface area (Å²) in [6.07, 6.45) is 1.78. The summed E-state index contributed by atoms with van der Waals surface area (Å²) < 4.78 is 23.7. The average Bonchev–Trinajstić information content (AvgIpc) is 3.12. The van der Waals surface area contributed by atoms with Crippen LogP contribution in [-0.2, 0) is 10.0 Å². The van der Waals surface area contributed by atoms with Crippen LogP contribution in [0, 0.1) is 5.92 Å². The van der Waals surface area contributed by atoms with E-state index in [1.54, 1.807) is 4.90 Å². The zero-order chi connectivity index (χ0) is 15.8. The number of aromatic amines is 1. The number of nitrogens with two attached hydrogens (primary N) is 1. The first-order chi connectivity index (χ1) is 9.75. The van der Waals surface area contributed by atoms with Crippen LogP contribution < -0.4 is 5.14 Å². The third-order valence-electron chi connectivity index (χ3n) is 3.48. The number of aromatic nitrogens is 2. The molecule has 1 aromatic heterocycles. The largest absolute Gasteiger partial charge is 0.337 e. The predicted molar refractivity (Wildman–Crippen MR) is 78.4 cm³/mol. The number of primary sulfonamides is 1. The maximum absolute atomic E-state index is 12.6. The average molecular weight is 314 g/mol.